The zero-order valence-electron chi connectivity index (χ0n) is 12.3. The lowest BCUT2D eigenvalue weighted by molar-refractivity contribution is -0.143. The molecule has 1 rings (SSSR count). The number of amides is 1. The minimum Gasteiger partial charge on any atom is -0.480 e. The van der Waals surface area contributed by atoms with Gasteiger partial charge in [0.2, 0.25) is 5.91 Å². The number of carbonyl (C=O) groups excluding carboxylic acids is 1. The van der Waals surface area contributed by atoms with E-state index < -0.39 is 24.0 Å². The Morgan fingerprint density at radius 1 is 1.23 bits per heavy atom. The standard InChI is InChI=1S/C15H19Cl2NO4/c1-8(2)6-13(19)14(20)18-12(15(21)22)7-9-10(16)4-3-5-11(9)17/h3-5,8,12-13,19H,6-7H2,1-2H3,(H,18,20)(H,21,22)/t12-,13+/m0/s1. The predicted molar refractivity (Wildman–Crippen MR) is 85.2 cm³/mol. The van der Waals surface area contributed by atoms with Crippen molar-refractivity contribution in [2.75, 3.05) is 0 Å². The van der Waals surface area contributed by atoms with Crippen LogP contribution in [0.1, 0.15) is 25.8 Å². The number of aliphatic carboxylic acids is 1. The van der Waals surface area contributed by atoms with Gasteiger partial charge in [0, 0.05) is 16.5 Å². The Bertz CT molecular complexity index is 528. The first-order chi connectivity index (χ1) is 10.2. The molecular formula is C15H19Cl2NO4. The van der Waals surface area contributed by atoms with E-state index in [1.54, 1.807) is 18.2 Å². The zero-order valence-corrected chi connectivity index (χ0v) is 13.9. The number of aliphatic hydroxyl groups excluding tert-OH is 1. The molecule has 1 amide bonds. The maximum Gasteiger partial charge on any atom is 0.326 e. The number of carboxylic acid groups (broad SMARTS) is 1. The molecule has 3 N–H and O–H groups in total. The summed E-state index contributed by atoms with van der Waals surface area (Å²) in [6.45, 7) is 3.71. The third-order valence-electron chi connectivity index (χ3n) is 3.08. The molecule has 5 nitrogen and oxygen atoms in total. The maximum atomic E-state index is 11.9. The second-order valence-corrected chi connectivity index (χ2v) is 6.26. The van der Waals surface area contributed by atoms with Crippen molar-refractivity contribution in [2.45, 2.75) is 38.8 Å². The molecule has 0 bridgehead atoms. The summed E-state index contributed by atoms with van der Waals surface area (Å²) in [7, 11) is 0. The van der Waals surface area contributed by atoms with Crippen molar-refractivity contribution in [2.24, 2.45) is 5.92 Å². The lowest BCUT2D eigenvalue weighted by Crippen LogP contribution is -2.47. The van der Waals surface area contributed by atoms with Crippen molar-refractivity contribution in [3.8, 4) is 0 Å². The number of carbonyl (C=O) groups is 2. The highest BCUT2D eigenvalue weighted by Crippen LogP contribution is 2.25. The van der Waals surface area contributed by atoms with Crippen LogP contribution < -0.4 is 5.32 Å². The molecule has 1 aromatic rings. The monoisotopic (exact) mass is 347 g/mol. The van der Waals surface area contributed by atoms with Gasteiger partial charge in [-0.15, -0.1) is 0 Å². The van der Waals surface area contributed by atoms with Crippen LogP contribution in [0.2, 0.25) is 10.0 Å². The van der Waals surface area contributed by atoms with E-state index in [1.807, 2.05) is 13.8 Å². The Labute approximate surface area is 139 Å². The fraction of sp³-hybridized carbons (Fsp3) is 0.467. The van der Waals surface area contributed by atoms with Crippen molar-refractivity contribution in [3.63, 3.8) is 0 Å². The summed E-state index contributed by atoms with van der Waals surface area (Å²) in [6.07, 6.45) is -1.05. The van der Waals surface area contributed by atoms with E-state index in [1.165, 1.54) is 0 Å². The van der Waals surface area contributed by atoms with E-state index >= 15 is 0 Å². The topological polar surface area (TPSA) is 86.6 Å². The van der Waals surface area contributed by atoms with E-state index in [4.69, 9.17) is 23.2 Å². The summed E-state index contributed by atoms with van der Waals surface area (Å²) in [5.41, 5.74) is 0.442. The highest BCUT2D eigenvalue weighted by molar-refractivity contribution is 6.36. The van der Waals surface area contributed by atoms with Gasteiger partial charge in [-0.05, 0) is 30.0 Å². The van der Waals surface area contributed by atoms with Gasteiger partial charge in [-0.25, -0.2) is 4.79 Å². The molecular weight excluding hydrogens is 329 g/mol. The number of benzene rings is 1. The fourth-order valence-electron chi connectivity index (χ4n) is 1.95. The van der Waals surface area contributed by atoms with E-state index in [0.29, 0.717) is 15.6 Å². The lowest BCUT2D eigenvalue weighted by Gasteiger charge is -2.19. The quantitative estimate of drug-likeness (QED) is 0.707. The molecule has 0 aromatic heterocycles. The normalized spacial score (nSPS) is 13.7. The molecule has 0 saturated heterocycles. The third-order valence-corrected chi connectivity index (χ3v) is 3.79. The van der Waals surface area contributed by atoms with Gasteiger partial charge >= 0.3 is 5.97 Å². The molecule has 0 aliphatic rings. The predicted octanol–water partition coefficient (Wildman–Crippen LogP) is 2.51. The lowest BCUT2D eigenvalue weighted by atomic mass is 10.0. The largest absolute Gasteiger partial charge is 0.480 e. The molecule has 22 heavy (non-hydrogen) atoms. The molecule has 0 unspecified atom stereocenters. The molecule has 0 fully saturated rings. The molecule has 0 heterocycles. The van der Waals surface area contributed by atoms with E-state index in [9.17, 15) is 19.8 Å². The first kappa shape index (κ1) is 18.7. The van der Waals surface area contributed by atoms with Crippen LogP contribution in [0, 0.1) is 5.92 Å². The van der Waals surface area contributed by atoms with Gasteiger partial charge < -0.3 is 15.5 Å². The molecule has 0 saturated carbocycles. The molecule has 0 radical (unpaired) electrons. The Morgan fingerprint density at radius 2 is 1.77 bits per heavy atom. The SMILES string of the molecule is CC(C)C[C@@H](O)C(=O)N[C@@H](Cc1c(Cl)cccc1Cl)C(=O)O. The van der Waals surface area contributed by atoms with Crippen LogP contribution >= 0.6 is 23.2 Å². The van der Waals surface area contributed by atoms with E-state index in [0.717, 1.165) is 0 Å². The molecule has 0 spiro atoms. The Kier molecular flexibility index (Phi) is 7.13. The first-order valence-corrected chi connectivity index (χ1v) is 7.62. The van der Waals surface area contributed by atoms with Crippen molar-refractivity contribution < 1.29 is 19.8 Å². The smallest absolute Gasteiger partial charge is 0.326 e. The van der Waals surface area contributed by atoms with E-state index in [-0.39, 0.29) is 18.8 Å². The van der Waals surface area contributed by atoms with Crippen molar-refractivity contribution in [1.82, 2.24) is 5.32 Å². The summed E-state index contributed by atoms with van der Waals surface area (Å²) in [5, 5.41) is 22.0. The van der Waals surface area contributed by atoms with Gasteiger partial charge in [-0.1, -0.05) is 43.1 Å². The second-order valence-electron chi connectivity index (χ2n) is 5.45. The average Bonchev–Trinajstić information content (AvgIpc) is 2.40. The summed E-state index contributed by atoms with van der Waals surface area (Å²) < 4.78 is 0. The average molecular weight is 348 g/mol. The van der Waals surface area contributed by atoms with Gasteiger partial charge in [0.25, 0.3) is 0 Å². The van der Waals surface area contributed by atoms with Gasteiger partial charge in [-0.2, -0.15) is 0 Å². The Hall–Kier alpha value is -1.30. The number of hydrogen-bond donors (Lipinski definition) is 3. The molecule has 0 aliphatic heterocycles. The molecule has 7 heteroatoms. The Morgan fingerprint density at radius 3 is 2.23 bits per heavy atom. The van der Waals surface area contributed by atoms with Gasteiger partial charge in [0.05, 0.1) is 0 Å². The number of carboxylic acids is 1. The fourth-order valence-corrected chi connectivity index (χ4v) is 2.50. The summed E-state index contributed by atoms with van der Waals surface area (Å²) in [6, 6.07) is 3.62. The van der Waals surface area contributed by atoms with Crippen LogP contribution in [0.3, 0.4) is 0 Å². The molecule has 122 valence electrons. The number of halogens is 2. The number of nitrogens with one attached hydrogen (secondary N) is 1. The van der Waals surface area contributed by atoms with Crippen molar-refractivity contribution in [3.05, 3.63) is 33.8 Å². The van der Waals surface area contributed by atoms with Crippen LogP contribution in [0.15, 0.2) is 18.2 Å². The van der Waals surface area contributed by atoms with Gasteiger partial charge in [0.15, 0.2) is 0 Å². The maximum absolute atomic E-state index is 11.9. The number of hydrogen-bond acceptors (Lipinski definition) is 3. The van der Waals surface area contributed by atoms with Gasteiger partial charge in [-0.3, -0.25) is 4.79 Å². The number of aliphatic hydroxyl groups is 1. The van der Waals surface area contributed by atoms with E-state index in [2.05, 4.69) is 5.32 Å². The van der Waals surface area contributed by atoms with Crippen molar-refractivity contribution in [1.29, 1.82) is 0 Å². The Balaban J connectivity index is 2.83. The third kappa shape index (κ3) is 5.48. The van der Waals surface area contributed by atoms with Gasteiger partial charge in [0.1, 0.15) is 12.1 Å². The number of rotatable bonds is 7. The summed E-state index contributed by atoms with van der Waals surface area (Å²) in [4.78, 5) is 23.2. The van der Waals surface area contributed by atoms with Crippen LogP contribution in [-0.2, 0) is 16.0 Å². The minimum absolute atomic E-state index is 0.0615. The summed E-state index contributed by atoms with van der Waals surface area (Å²) >= 11 is 12.0. The highest BCUT2D eigenvalue weighted by atomic mass is 35.5. The first-order valence-electron chi connectivity index (χ1n) is 6.86. The second kappa shape index (κ2) is 8.36. The zero-order chi connectivity index (χ0) is 16.9. The molecule has 2 atom stereocenters. The summed E-state index contributed by atoms with van der Waals surface area (Å²) in [5.74, 6) is -1.83. The highest BCUT2D eigenvalue weighted by Gasteiger charge is 2.26. The van der Waals surface area contributed by atoms with Crippen LogP contribution in [0.4, 0.5) is 0 Å². The van der Waals surface area contributed by atoms with Crippen molar-refractivity contribution >= 4 is 35.1 Å². The molecule has 1 aromatic carbocycles. The van der Waals surface area contributed by atoms with Crippen LogP contribution in [0.25, 0.3) is 0 Å². The minimum atomic E-state index is -1.25. The van der Waals surface area contributed by atoms with Crippen LogP contribution in [0.5, 0.6) is 0 Å². The molecule has 0 aliphatic carbocycles. The van der Waals surface area contributed by atoms with Crippen LogP contribution in [-0.4, -0.2) is 34.2 Å².